The van der Waals surface area contributed by atoms with Crippen molar-refractivity contribution >= 4 is 23.5 Å². The molecule has 0 bridgehead atoms. The first kappa shape index (κ1) is 22.0. The van der Waals surface area contributed by atoms with Crippen LogP contribution in [0.15, 0.2) is 12.1 Å². The number of alkyl halides is 3. The van der Waals surface area contributed by atoms with Crippen LogP contribution in [0.25, 0.3) is 0 Å². The number of hydrogen-bond acceptors (Lipinski definition) is 6. The summed E-state index contributed by atoms with van der Waals surface area (Å²) in [4.78, 5) is 38.9. The largest absolute Gasteiger partial charge is 0.416 e. The number of nitriles is 1. The molecule has 0 saturated carbocycles. The number of benzene rings is 1. The number of carbonyl (C=O) groups excluding carboxylic acids is 3. The Bertz CT molecular complexity index is 1040. The highest BCUT2D eigenvalue weighted by Crippen LogP contribution is 2.50. The van der Waals surface area contributed by atoms with Gasteiger partial charge in [0.05, 0.1) is 36.0 Å². The molecule has 0 aliphatic carbocycles. The van der Waals surface area contributed by atoms with Crippen LogP contribution in [0.3, 0.4) is 0 Å². The summed E-state index contributed by atoms with van der Waals surface area (Å²) >= 11 is 0. The van der Waals surface area contributed by atoms with Crippen molar-refractivity contribution in [2.45, 2.75) is 44.7 Å². The predicted molar refractivity (Wildman–Crippen MR) is 99.6 cm³/mol. The number of amides is 4. The highest BCUT2D eigenvalue weighted by Gasteiger charge is 2.66. The lowest BCUT2D eigenvalue weighted by Gasteiger charge is -2.57. The normalized spacial score (nSPS) is 26.9. The fraction of sp³-hybridized carbons (Fsp3) is 0.500. The number of nitrogens with one attached hydrogen (secondary N) is 2. The minimum Gasteiger partial charge on any atom is -0.361 e. The van der Waals surface area contributed by atoms with Gasteiger partial charge >= 0.3 is 12.2 Å². The van der Waals surface area contributed by atoms with E-state index in [2.05, 4.69) is 0 Å². The number of barbiturate groups is 1. The number of urea groups is 1. The van der Waals surface area contributed by atoms with Crippen LogP contribution in [0.5, 0.6) is 0 Å². The zero-order valence-corrected chi connectivity index (χ0v) is 16.9. The molecule has 3 aliphatic rings. The smallest absolute Gasteiger partial charge is 0.361 e. The summed E-state index contributed by atoms with van der Waals surface area (Å²) in [5.74, 6) is -3.59. The Morgan fingerprint density at radius 1 is 1.22 bits per heavy atom. The maximum atomic E-state index is 15.1. The second-order valence-electron chi connectivity index (χ2n) is 8.44. The van der Waals surface area contributed by atoms with Crippen LogP contribution in [0.2, 0.25) is 0 Å². The molecule has 3 atom stereocenters. The number of imide groups is 2. The molecular weight excluding hydrogens is 436 g/mol. The SMILES string of the molecule is CC(C)[C@@H]1O[C@H](C(F)(F)F)CN2c3c(F)cc(C#N)cc3CC3(C(=O)NC(=O)NC3=O)[C@@H]12. The van der Waals surface area contributed by atoms with Gasteiger partial charge in [-0.1, -0.05) is 13.8 Å². The fourth-order valence-electron chi connectivity index (χ4n) is 4.83. The third-order valence-electron chi connectivity index (χ3n) is 6.15. The molecule has 8 nitrogen and oxygen atoms in total. The maximum Gasteiger partial charge on any atom is 0.416 e. The van der Waals surface area contributed by atoms with E-state index in [9.17, 15) is 32.8 Å². The van der Waals surface area contributed by atoms with Gasteiger partial charge in [0.2, 0.25) is 11.8 Å². The van der Waals surface area contributed by atoms with Gasteiger partial charge in [-0.05, 0) is 23.6 Å². The zero-order valence-electron chi connectivity index (χ0n) is 16.9. The van der Waals surface area contributed by atoms with Gasteiger partial charge < -0.3 is 9.64 Å². The van der Waals surface area contributed by atoms with E-state index in [0.717, 1.165) is 11.0 Å². The van der Waals surface area contributed by atoms with Gasteiger partial charge in [-0.15, -0.1) is 0 Å². The summed E-state index contributed by atoms with van der Waals surface area (Å²) in [6.07, 6.45) is -8.83. The fourth-order valence-corrected chi connectivity index (χ4v) is 4.83. The number of nitrogens with zero attached hydrogens (tertiary/aromatic N) is 2. The summed E-state index contributed by atoms with van der Waals surface area (Å²) in [6.45, 7) is 2.25. The molecule has 4 rings (SSSR count). The lowest BCUT2D eigenvalue weighted by atomic mass is 9.65. The van der Waals surface area contributed by atoms with Crippen LogP contribution >= 0.6 is 0 Å². The van der Waals surface area contributed by atoms with Crippen molar-refractivity contribution < 1.29 is 36.7 Å². The molecule has 32 heavy (non-hydrogen) atoms. The molecule has 12 heteroatoms. The molecule has 0 radical (unpaired) electrons. The first-order valence-corrected chi connectivity index (χ1v) is 9.78. The number of carbonyl (C=O) groups is 3. The van der Waals surface area contributed by atoms with Crippen molar-refractivity contribution in [3.8, 4) is 6.07 Å². The molecule has 2 saturated heterocycles. The maximum absolute atomic E-state index is 15.1. The molecule has 4 amide bonds. The summed E-state index contributed by atoms with van der Waals surface area (Å²) in [5.41, 5.74) is -2.40. The van der Waals surface area contributed by atoms with Gasteiger partial charge in [-0.3, -0.25) is 20.2 Å². The van der Waals surface area contributed by atoms with E-state index in [1.807, 2.05) is 10.6 Å². The molecule has 1 aromatic carbocycles. The van der Waals surface area contributed by atoms with Gasteiger partial charge in [-0.25, -0.2) is 9.18 Å². The van der Waals surface area contributed by atoms with Crippen LogP contribution in [0.4, 0.5) is 28.0 Å². The Morgan fingerprint density at radius 3 is 2.38 bits per heavy atom. The van der Waals surface area contributed by atoms with E-state index in [1.54, 1.807) is 19.9 Å². The molecule has 170 valence electrons. The summed E-state index contributed by atoms with van der Waals surface area (Å²) in [7, 11) is 0. The van der Waals surface area contributed by atoms with E-state index in [4.69, 9.17) is 4.74 Å². The van der Waals surface area contributed by atoms with Crippen LogP contribution in [-0.4, -0.2) is 48.8 Å². The van der Waals surface area contributed by atoms with E-state index < -0.39 is 72.4 Å². The van der Waals surface area contributed by atoms with E-state index in [-0.39, 0.29) is 16.8 Å². The Morgan fingerprint density at radius 2 is 1.84 bits per heavy atom. The van der Waals surface area contributed by atoms with Crippen LogP contribution in [0.1, 0.15) is 25.0 Å². The highest BCUT2D eigenvalue weighted by molar-refractivity contribution is 6.20. The second kappa shape index (κ2) is 7.16. The van der Waals surface area contributed by atoms with Gasteiger partial charge in [0.25, 0.3) is 0 Å². The van der Waals surface area contributed by atoms with Gasteiger partial charge in [-0.2, -0.15) is 18.4 Å². The first-order valence-electron chi connectivity index (χ1n) is 9.78. The summed E-state index contributed by atoms with van der Waals surface area (Å²) < 4.78 is 61.5. The molecule has 0 unspecified atom stereocenters. The topological polar surface area (TPSA) is 112 Å². The molecule has 3 heterocycles. The predicted octanol–water partition coefficient (Wildman–Crippen LogP) is 1.77. The third kappa shape index (κ3) is 3.10. The van der Waals surface area contributed by atoms with Crippen molar-refractivity contribution in [2.24, 2.45) is 11.3 Å². The number of fused-ring (bicyclic) bond motifs is 4. The zero-order chi connectivity index (χ0) is 23.6. The third-order valence-corrected chi connectivity index (χ3v) is 6.15. The number of rotatable bonds is 1. The monoisotopic (exact) mass is 454 g/mol. The molecule has 1 spiro atoms. The average Bonchev–Trinajstić information content (AvgIpc) is 2.69. The molecule has 0 aromatic heterocycles. The average molecular weight is 454 g/mol. The van der Waals surface area contributed by atoms with Crippen LogP contribution in [-0.2, 0) is 20.7 Å². The summed E-state index contributed by atoms with van der Waals surface area (Å²) in [6, 6.07) is 1.48. The summed E-state index contributed by atoms with van der Waals surface area (Å²) in [5, 5.41) is 13.2. The number of hydrogen-bond donors (Lipinski definition) is 2. The minimum atomic E-state index is -4.79. The quantitative estimate of drug-likeness (QED) is 0.494. The van der Waals surface area contributed by atoms with Crippen molar-refractivity contribution in [1.82, 2.24) is 10.6 Å². The van der Waals surface area contributed by atoms with E-state index in [1.165, 1.54) is 6.07 Å². The number of halogens is 4. The molecule has 1 aromatic rings. The lowest BCUT2D eigenvalue weighted by molar-refractivity contribution is -0.250. The Labute approximate surface area is 179 Å². The van der Waals surface area contributed by atoms with Crippen molar-refractivity contribution in [2.75, 3.05) is 11.4 Å². The lowest BCUT2D eigenvalue weighted by Crippen LogP contribution is -2.77. The van der Waals surface area contributed by atoms with Gasteiger partial charge in [0.1, 0.15) is 5.82 Å². The number of ether oxygens (including phenoxy) is 1. The van der Waals surface area contributed by atoms with Crippen LogP contribution in [0, 0.1) is 28.5 Å². The number of anilines is 1. The van der Waals surface area contributed by atoms with Crippen molar-refractivity contribution in [3.05, 3.63) is 29.1 Å². The van der Waals surface area contributed by atoms with Gasteiger partial charge in [0.15, 0.2) is 11.5 Å². The van der Waals surface area contributed by atoms with Gasteiger partial charge in [0, 0.05) is 6.42 Å². The Hall–Kier alpha value is -3.20. The molecule has 2 fully saturated rings. The van der Waals surface area contributed by atoms with Crippen molar-refractivity contribution in [3.63, 3.8) is 0 Å². The number of morpholine rings is 1. The molecule has 3 aliphatic heterocycles. The Balaban J connectivity index is 1.99. The second-order valence-corrected chi connectivity index (χ2v) is 8.44. The van der Waals surface area contributed by atoms with E-state index in [0.29, 0.717) is 0 Å². The standard InChI is InChI=1S/C20H18F4N4O4/c1-8(2)14-15-19(16(29)26-18(31)27-17(19)30)5-10-3-9(6-25)4-11(21)13(10)28(15)7-12(32-14)20(22,23)24/h3-4,8,12,14-15H,5,7H2,1-2H3,(H2,26,27,29,30,31)/t12-,14-,15+/m0/s1. The highest BCUT2D eigenvalue weighted by atomic mass is 19.4. The van der Waals surface area contributed by atoms with Crippen LogP contribution < -0.4 is 15.5 Å². The Kier molecular flexibility index (Phi) is 4.93. The molecule has 2 N–H and O–H groups in total. The minimum absolute atomic E-state index is 0.0165. The van der Waals surface area contributed by atoms with E-state index >= 15 is 4.39 Å². The first-order chi connectivity index (χ1) is 14.9. The molecular formula is C20H18F4N4O4. The van der Waals surface area contributed by atoms with Crippen molar-refractivity contribution in [1.29, 1.82) is 5.26 Å².